The number of nitrogen functional groups attached to an aromatic ring is 1. The van der Waals surface area contributed by atoms with E-state index in [1.807, 2.05) is 26.0 Å². The smallest absolute Gasteiger partial charge is 0.292 e. The molecule has 0 saturated carbocycles. The van der Waals surface area contributed by atoms with Crippen molar-refractivity contribution in [1.29, 1.82) is 0 Å². The third-order valence-electron chi connectivity index (χ3n) is 2.70. The van der Waals surface area contributed by atoms with E-state index in [-0.39, 0.29) is 6.01 Å². The van der Waals surface area contributed by atoms with Gasteiger partial charge in [-0.2, -0.15) is 4.98 Å². The van der Waals surface area contributed by atoms with Crippen molar-refractivity contribution in [3.05, 3.63) is 40.8 Å². The summed E-state index contributed by atoms with van der Waals surface area (Å²) in [6.07, 6.45) is 0.640. The number of nitrogens with two attached hydrogens (primary N) is 1. The van der Waals surface area contributed by atoms with Crippen molar-refractivity contribution >= 4 is 6.01 Å². The van der Waals surface area contributed by atoms with Gasteiger partial charge in [0.15, 0.2) is 0 Å². The highest BCUT2D eigenvalue weighted by atomic mass is 16.5. The molecule has 0 unspecified atom stereocenters. The van der Waals surface area contributed by atoms with Crippen molar-refractivity contribution in [2.45, 2.75) is 20.3 Å². The molecule has 0 aliphatic heterocycles. The maximum absolute atomic E-state index is 5.52. The zero-order chi connectivity index (χ0) is 12.4. The topological polar surface area (TPSA) is 61.3 Å². The van der Waals surface area contributed by atoms with Gasteiger partial charge >= 0.3 is 0 Å². The monoisotopic (exact) mass is 232 g/mol. The van der Waals surface area contributed by atoms with Crippen LogP contribution in [0.25, 0.3) is 0 Å². The fourth-order valence-electron chi connectivity index (χ4n) is 1.83. The van der Waals surface area contributed by atoms with Crippen LogP contribution in [0.2, 0.25) is 0 Å². The molecule has 1 heterocycles. The largest absolute Gasteiger partial charge is 0.496 e. The highest BCUT2D eigenvalue weighted by Crippen LogP contribution is 2.24. The van der Waals surface area contributed by atoms with Crippen LogP contribution in [0.4, 0.5) is 6.01 Å². The summed E-state index contributed by atoms with van der Waals surface area (Å²) < 4.78 is 10.7. The Hall–Kier alpha value is -1.97. The van der Waals surface area contributed by atoms with Gasteiger partial charge in [0.25, 0.3) is 6.01 Å². The molecule has 1 aromatic carbocycles. The average molecular weight is 232 g/mol. The van der Waals surface area contributed by atoms with E-state index in [0.29, 0.717) is 6.42 Å². The Morgan fingerprint density at radius 2 is 2.12 bits per heavy atom. The third-order valence-corrected chi connectivity index (χ3v) is 2.70. The number of aryl methyl sites for hydroxylation is 2. The van der Waals surface area contributed by atoms with Gasteiger partial charge in [0.05, 0.1) is 12.8 Å². The predicted octanol–water partition coefficient (Wildman–Crippen LogP) is 2.47. The quantitative estimate of drug-likeness (QED) is 0.883. The minimum atomic E-state index is 0.212. The number of benzene rings is 1. The van der Waals surface area contributed by atoms with Crippen molar-refractivity contribution in [3.8, 4) is 5.75 Å². The summed E-state index contributed by atoms with van der Waals surface area (Å²) in [5.74, 6) is 1.64. The zero-order valence-electron chi connectivity index (χ0n) is 10.3. The molecule has 0 fully saturated rings. The lowest BCUT2D eigenvalue weighted by Gasteiger charge is -2.08. The van der Waals surface area contributed by atoms with Gasteiger partial charge in [0.2, 0.25) is 0 Å². The second-order valence-corrected chi connectivity index (χ2v) is 4.05. The van der Waals surface area contributed by atoms with Crippen molar-refractivity contribution < 1.29 is 9.15 Å². The molecule has 4 heteroatoms. The number of nitrogens with zero attached hydrogens (tertiary/aromatic N) is 1. The first-order chi connectivity index (χ1) is 8.10. The molecule has 0 aliphatic rings. The molecular weight excluding hydrogens is 216 g/mol. The predicted molar refractivity (Wildman–Crippen MR) is 66.2 cm³/mol. The summed E-state index contributed by atoms with van der Waals surface area (Å²) in [7, 11) is 1.66. The van der Waals surface area contributed by atoms with E-state index in [2.05, 4.69) is 11.1 Å². The molecule has 0 spiro atoms. The summed E-state index contributed by atoms with van der Waals surface area (Å²) in [6, 6.07) is 6.27. The van der Waals surface area contributed by atoms with E-state index >= 15 is 0 Å². The van der Waals surface area contributed by atoms with Gasteiger partial charge in [-0.15, -0.1) is 0 Å². The van der Waals surface area contributed by atoms with Gasteiger partial charge < -0.3 is 14.9 Å². The lowest BCUT2D eigenvalue weighted by Crippen LogP contribution is -1.95. The van der Waals surface area contributed by atoms with Crippen LogP contribution in [-0.2, 0) is 6.42 Å². The number of aromatic nitrogens is 1. The highest BCUT2D eigenvalue weighted by Gasteiger charge is 2.11. The van der Waals surface area contributed by atoms with E-state index in [1.54, 1.807) is 7.11 Å². The molecule has 17 heavy (non-hydrogen) atoms. The van der Waals surface area contributed by atoms with E-state index in [1.165, 1.54) is 5.56 Å². The van der Waals surface area contributed by atoms with E-state index in [4.69, 9.17) is 14.9 Å². The van der Waals surface area contributed by atoms with Crippen LogP contribution in [0.3, 0.4) is 0 Å². The molecule has 2 rings (SSSR count). The van der Waals surface area contributed by atoms with Gasteiger partial charge in [-0.3, -0.25) is 0 Å². The van der Waals surface area contributed by atoms with Crippen LogP contribution in [-0.4, -0.2) is 12.1 Å². The second kappa shape index (κ2) is 4.49. The molecular formula is C13H16N2O2. The Morgan fingerprint density at radius 1 is 1.35 bits per heavy atom. The normalized spacial score (nSPS) is 10.5. The number of hydrogen-bond donors (Lipinski definition) is 1. The van der Waals surface area contributed by atoms with Crippen molar-refractivity contribution in [2.75, 3.05) is 12.8 Å². The Balaban J connectivity index is 2.35. The van der Waals surface area contributed by atoms with Crippen LogP contribution in [0.15, 0.2) is 22.6 Å². The van der Waals surface area contributed by atoms with Gasteiger partial charge in [0, 0.05) is 12.0 Å². The van der Waals surface area contributed by atoms with E-state index < -0.39 is 0 Å². The van der Waals surface area contributed by atoms with Crippen LogP contribution in [0.5, 0.6) is 5.75 Å². The maximum atomic E-state index is 5.52. The van der Waals surface area contributed by atoms with Gasteiger partial charge in [-0.25, -0.2) is 0 Å². The minimum absolute atomic E-state index is 0.212. The van der Waals surface area contributed by atoms with Gasteiger partial charge in [-0.05, 0) is 19.9 Å². The highest BCUT2D eigenvalue weighted by molar-refractivity contribution is 5.39. The number of hydrogen-bond acceptors (Lipinski definition) is 4. The summed E-state index contributed by atoms with van der Waals surface area (Å²) >= 11 is 0. The molecule has 0 saturated heterocycles. The molecule has 0 atom stereocenters. The van der Waals surface area contributed by atoms with Crippen molar-refractivity contribution in [2.24, 2.45) is 0 Å². The van der Waals surface area contributed by atoms with Gasteiger partial charge in [-0.1, -0.05) is 17.7 Å². The van der Waals surface area contributed by atoms with Crippen LogP contribution >= 0.6 is 0 Å². The standard InChI is InChI=1S/C13H16N2O2/c1-8-4-5-11(16-3)10(6-8)7-12-9(2)15-13(14)17-12/h4-6H,7H2,1-3H3,(H2,14,15). The van der Waals surface area contributed by atoms with Crippen LogP contribution in [0.1, 0.15) is 22.6 Å². The Morgan fingerprint density at radius 3 is 2.71 bits per heavy atom. The number of methoxy groups -OCH3 is 1. The molecule has 0 amide bonds. The molecule has 0 bridgehead atoms. The number of anilines is 1. The van der Waals surface area contributed by atoms with Gasteiger partial charge in [0.1, 0.15) is 11.5 Å². The molecule has 2 aromatic rings. The molecule has 2 N–H and O–H groups in total. The van der Waals surface area contributed by atoms with Crippen LogP contribution in [0, 0.1) is 13.8 Å². The fraction of sp³-hybridized carbons (Fsp3) is 0.308. The molecule has 0 radical (unpaired) electrons. The summed E-state index contributed by atoms with van der Waals surface area (Å²) in [4.78, 5) is 4.06. The Kier molecular flexibility index (Phi) is 3.04. The average Bonchev–Trinajstić information content (AvgIpc) is 2.58. The van der Waals surface area contributed by atoms with Crippen molar-refractivity contribution in [3.63, 3.8) is 0 Å². The SMILES string of the molecule is COc1ccc(C)cc1Cc1oc(N)nc1C. The Labute approximate surface area is 100 Å². The zero-order valence-corrected chi connectivity index (χ0v) is 10.3. The maximum Gasteiger partial charge on any atom is 0.292 e. The van der Waals surface area contributed by atoms with Crippen molar-refractivity contribution in [1.82, 2.24) is 4.98 Å². The number of rotatable bonds is 3. The van der Waals surface area contributed by atoms with Crippen LogP contribution < -0.4 is 10.5 Å². The molecule has 4 nitrogen and oxygen atoms in total. The number of ether oxygens (including phenoxy) is 1. The van der Waals surface area contributed by atoms with E-state index in [9.17, 15) is 0 Å². The first kappa shape index (κ1) is 11.5. The lowest BCUT2D eigenvalue weighted by atomic mass is 10.1. The first-order valence-corrected chi connectivity index (χ1v) is 5.45. The summed E-state index contributed by atoms with van der Waals surface area (Å²) in [5, 5.41) is 0. The summed E-state index contributed by atoms with van der Waals surface area (Å²) in [6.45, 7) is 3.93. The summed E-state index contributed by atoms with van der Waals surface area (Å²) in [5.41, 5.74) is 8.61. The number of oxazole rings is 1. The second-order valence-electron chi connectivity index (χ2n) is 4.05. The fourth-order valence-corrected chi connectivity index (χ4v) is 1.83. The first-order valence-electron chi connectivity index (χ1n) is 5.45. The lowest BCUT2D eigenvalue weighted by molar-refractivity contribution is 0.408. The van der Waals surface area contributed by atoms with E-state index in [0.717, 1.165) is 22.8 Å². The minimum Gasteiger partial charge on any atom is -0.496 e. The molecule has 1 aromatic heterocycles. The Bertz CT molecular complexity index is 532. The molecule has 90 valence electrons. The third kappa shape index (κ3) is 2.41. The molecule has 0 aliphatic carbocycles.